The zero-order valence-corrected chi connectivity index (χ0v) is 6.71. The van der Waals surface area contributed by atoms with Crippen LogP contribution in [0.5, 0.6) is 5.75 Å². The molecular formula is C10H17NO. The maximum absolute atomic E-state index is 5.31. The third kappa shape index (κ3) is 3.39. The van der Waals surface area contributed by atoms with Crippen molar-refractivity contribution in [2.45, 2.75) is 14.4 Å². The zero-order valence-electron chi connectivity index (χ0n) is 6.71. The molecule has 1 aromatic rings. The number of rotatable bonds is 3. The van der Waals surface area contributed by atoms with E-state index < -0.39 is 0 Å². The van der Waals surface area contributed by atoms with Crippen molar-refractivity contribution < 1.29 is 4.74 Å². The van der Waals surface area contributed by atoms with E-state index in [9.17, 15) is 0 Å². The lowest BCUT2D eigenvalue weighted by Crippen LogP contribution is -2.10. The van der Waals surface area contributed by atoms with E-state index in [0.29, 0.717) is 13.2 Å². The van der Waals surface area contributed by atoms with Crippen molar-refractivity contribution in [2.24, 2.45) is 5.73 Å². The Balaban J connectivity index is 0.00000121. The Hall–Kier alpha value is -1.02. The second kappa shape index (κ2) is 5.61. The second-order valence-electron chi connectivity index (χ2n) is 2.45. The number of ether oxygens (including phenoxy) is 1. The lowest BCUT2D eigenvalue weighted by Gasteiger charge is -2.03. The fourth-order valence-corrected chi connectivity index (χ4v) is 0.882. The molecular weight excluding hydrogens is 150 g/mol. The molecule has 0 spiro atoms. The molecule has 0 amide bonds. The monoisotopic (exact) mass is 167 g/mol. The summed E-state index contributed by atoms with van der Waals surface area (Å²) in [5.41, 5.74) is 6.50. The van der Waals surface area contributed by atoms with Gasteiger partial charge in [0.05, 0.1) is 0 Å². The molecule has 0 saturated carbocycles. The van der Waals surface area contributed by atoms with Crippen molar-refractivity contribution in [3.05, 3.63) is 29.8 Å². The van der Waals surface area contributed by atoms with E-state index in [-0.39, 0.29) is 7.43 Å². The maximum atomic E-state index is 5.31. The van der Waals surface area contributed by atoms with Gasteiger partial charge in [-0.05, 0) is 24.6 Å². The molecule has 0 aromatic heterocycles. The summed E-state index contributed by atoms with van der Waals surface area (Å²) in [6, 6.07) is 7.94. The molecule has 0 saturated heterocycles. The molecule has 68 valence electrons. The first-order chi connectivity index (χ1) is 5.33. The number of hydrogen-bond acceptors (Lipinski definition) is 2. The van der Waals surface area contributed by atoms with Crippen LogP contribution >= 0.6 is 0 Å². The van der Waals surface area contributed by atoms with Crippen LogP contribution in [-0.2, 0) is 0 Å². The van der Waals surface area contributed by atoms with Crippen molar-refractivity contribution in [1.82, 2.24) is 0 Å². The van der Waals surface area contributed by atoms with Gasteiger partial charge in [0.2, 0.25) is 0 Å². The van der Waals surface area contributed by atoms with Gasteiger partial charge in [-0.1, -0.05) is 19.6 Å². The van der Waals surface area contributed by atoms with Crippen LogP contribution in [0, 0.1) is 6.92 Å². The first-order valence-corrected chi connectivity index (χ1v) is 3.72. The summed E-state index contributed by atoms with van der Waals surface area (Å²) in [5.74, 6) is 0.899. The largest absolute Gasteiger partial charge is 0.492 e. The lowest BCUT2D eigenvalue weighted by molar-refractivity contribution is 0.328. The van der Waals surface area contributed by atoms with Crippen LogP contribution in [-0.4, -0.2) is 13.2 Å². The van der Waals surface area contributed by atoms with Crippen LogP contribution in [0.3, 0.4) is 0 Å². The fourth-order valence-electron chi connectivity index (χ4n) is 0.882. The van der Waals surface area contributed by atoms with Gasteiger partial charge < -0.3 is 10.5 Å². The highest BCUT2D eigenvalue weighted by Crippen LogP contribution is 2.11. The van der Waals surface area contributed by atoms with Crippen molar-refractivity contribution in [1.29, 1.82) is 0 Å². The smallest absolute Gasteiger partial charge is 0.119 e. The van der Waals surface area contributed by atoms with E-state index in [2.05, 4.69) is 0 Å². The summed E-state index contributed by atoms with van der Waals surface area (Å²) in [6.07, 6.45) is 0. The third-order valence-corrected chi connectivity index (χ3v) is 1.38. The Morgan fingerprint density at radius 2 is 2.17 bits per heavy atom. The van der Waals surface area contributed by atoms with Gasteiger partial charge in [-0.3, -0.25) is 0 Å². The summed E-state index contributed by atoms with van der Waals surface area (Å²) < 4.78 is 5.31. The molecule has 2 heteroatoms. The number of aryl methyl sites for hydroxylation is 1. The second-order valence-corrected chi connectivity index (χ2v) is 2.45. The summed E-state index contributed by atoms with van der Waals surface area (Å²) >= 11 is 0. The molecule has 0 aliphatic heterocycles. The molecule has 0 aliphatic rings. The van der Waals surface area contributed by atoms with Gasteiger partial charge in [0.15, 0.2) is 0 Å². The predicted molar refractivity (Wildman–Crippen MR) is 52.5 cm³/mol. The van der Waals surface area contributed by atoms with Crippen molar-refractivity contribution in [3.8, 4) is 5.75 Å². The predicted octanol–water partition coefficient (Wildman–Crippen LogP) is 1.97. The minimum Gasteiger partial charge on any atom is -0.492 e. The Labute approximate surface area is 74.4 Å². The van der Waals surface area contributed by atoms with Crippen LogP contribution in [0.15, 0.2) is 24.3 Å². The topological polar surface area (TPSA) is 35.2 Å². The van der Waals surface area contributed by atoms with E-state index in [1.807, 2.05) is 31.2 Å². The fraction of sp³-hybridized carbons (Fsp3) is 0.400. The Morgan fingerprint density at radius 1 is 1.42 bits per heavy atom. The van der Waals surface area contributed by atoms with Crippen LogP contribution in [0.4, 0.5) is 0 Å². The van der Waals surface area contributed by atoms with E-state index >= 15 is 0 Å². The maximum Gasteiger partial charge on any atom is 0.119 e. The van der Waals surface area contributed by atoms with Crippen LogP contribution < -0.4 is 10.5 Å². The number of hydrogen-bond donors (Lipinski definition) is 1. The van der Waals surface area contributed by atoms with Crippen LogP contribution in [0.25, 0.3) is 0 Å². The molecule has 0 heterocycles. The average molecular weight is 167 g/mol. The van der Waals surface area contributed by atoms with Crippen molar-refractivity contribution in [3.63, 3.8) is 0 Å². The molecule has 0 radical (unpaired) electrons. The molecule has 2 N–H and O–H groups in total. The molecule has 2 nitrogen and oxygen atoms in total. The molecule has 1 rings (SSSR count). The van der Waals surface area contributed by atoms with Gasteiger partial charge in [-0.15, -0.1) is 0 Å². The van der Waals surface area contributed by atoms with E-state index in [0.717, 1.165) is 5.75 Å². The van der Waals surface area contributed by atoms with E-state index in [1.165, 1.54) is 5.56 Å². The first kappa shape index (κ1) is 11.0. The Bertz CT molecular complexity index is 223. The molecule has 12 heavy (non-hydrogen) atoms. The quantitative estimate of drug-likeness (QED) is 0.747. The number of nitrogens with two attached hydrogens (primary N) is 1. The number of benzene rings is 1. The molecule has 0 aliphatic carbocycles. The zero-order chi connectivity index (χ0) is 8.10. The summed E-state index contributed by atoms with van der Waals surface area (Å²) in [5, 5.41) is 0. The Kier molecular flexibility index (Phi) is 5.13. The molecule has 1 aromatic carbocycles. The minimum absolute atomic E-state index is 0. The molecule has 0 bridgehead atoms. The highest BCUT2D eigenvalue weighted by molar-refractivity contribution is 5.27. The van der Waals surface area contributed by atoms with Gasteiger partial charge in [0, 0.05) is 6.54 Å². The van der Waals surface area contributed by atoms with Crippen LogP contribution in [0.2, 0.25) is 0 Å². The molecule has 0 unspecified atom stereocenters. The third-order valence-electron chi connectivity index (χ3n) is 1.38. The van der Waals surface area contributed by atoms with Gasteiger partial charge in [-0.25, -0.2) is 0 Å². The molecule has 0 atom stereocenters. The standard InChI is InChI=1S/C9H13NO.CH4/c1-8-3-2-4-9(7-8)11-6-5-10;/h2-4,7H,5-6,10H2,1H3;1H4. The van der Waals surface area contributed by atoms with Crippen molar-refractivity contribution >= 4 is 0 Å². The average Bonchev–Trinajstić information content (AvgIpc) is 2.01. The highest BCUT2D eigenvalue weighted by Gasteiger charge is 1.90. The van der Waals surface area contributed by atoms with E-state index in [4.69, 9.17) is 10.5 Å². The molecule has 0 fully saturated rings. The Morgan fingerprint density at radius 3 is 2.75 bits per heavy atom. The van der Waals surface area contributed by atoms with Gasteiger partial charge in [0.25, 0.3) is 0 Å². The lowest BCUT2D eigenvalue weighted by atomic mass is 10.2. The highest BCUT2D eigenvalue weighted by atomic mass is 16.5. The van der Waals surface area contributed by atoms with Gasteiger partial charge >= 0.3 is 0 Å². The van der Waals surface area contributed by atoms with Gasteiger partial charge in [0.1, 0.15) is 12.4 Å². The SMILES string of the molecule is C.Cc1cccc(OCCN)c1. The normalized spacial score (nSPS) is 8.83. The first-order valence-electron chi connectivity index (χ1n) is 3.72. The van der Waals surface area contributed by atoms with Gasteiger partial charge in [-0.2, -0.15) is 0 Å². The van der Waals surface area contributed by atoms with Crippen LogP contribution in [0.1, 0.15) is 13.0 Å². The van der Waals surface area contributed by atoms with Crippen molar-refractivity contribution in [2.75, 3.05) is 13.2 Å². The summed E-state index contributed by atoms with van der Waals surface area (Å²) in [4.78, 5) is 0. The minimum atomic E-state index is 0. The summed E-state index contributed by atoms with van der Waals surface area (Å²) in [6.45, 7) is 3.19. The van der Waals surface area contributed by atoms with E-state index in [1.54, 1.807) is 0 Å². The summed E-state index contributed by atoms with van der Waals surface area (Å²) in [7, 11) is 0.